The molecule has 0 fully saturated rings. The van der Waals surface area contributed by atoms with Gasteiger partial charge in [-0.1, -0.05) is 37.3 Å². The van der Waals surface area contributed by atoms with Crippen molar-refractivity contribution < 1.29 is 14.3 Å². The number of benzene rings is 1. The molecule has 6 heteroatoms. The van der Waals surface area contributed by atoms with Gasteiger partial charge in [0.2, 0.25) is 5.78 Å². The third-order valence-corrected chi connectivity index (χ3v) is 5.30. The van der Waals surface area contributed by atoms with E-state index >= 15 is 0 Å². The SMILES string of the molecule is Cc1cc(C(=O)COC(=O)C[C@H](C)c2ccccc2)c(C)n1-c1nccs1. The highest BCUT2D eigenvalue weighted by Crippen LogP contribution is 2.23. The first-order valence-corrected chi connectivity index (χ1v) is 9.68. The molecule has 0 N–H and O–H groups in total. The van der Waals surface area contributed by atoms with Crippen LogP contribution in [0.2, 0.25) is 0 Å². The summed E-state index contributed by atoms with van der Waals surface area (Å²) in [6.45, 7) is 5.53. The zero-order chi connectivity index (χ0) is 19.4. The first-order chi connectivity index (χ1) is 13.0. The summed E-state index contributed by atoms with van der Waals surface area (Å²) in [5.74, 6) is -0.524. The number of ketones is 1. The minimum absolute atomic E-state index is 0.0452. The van der Waals surface area contributed by atoms with Gasteiger partial charge in [0.25, 0.3) is 0 Å². The van der Waals surface area contributed by atoms with Crippen molar-refractivity contribution in [2.75, 3.05) is 6.61 Å². The van der Waals surface area contributed by atoms with Gasteiger partial charge in [0, 0.05) is 28.5 Å². The number of aryl methyl sites for hydroxylation is 1. The molecule has 0 radical (unpaired) electrons. The summed E-state index contributed by atoms with van der Waals surface area (Å²) in [6, 6.07) is 11.6. The molecule has 5 nitrogen and oxygen atoms in total. The van der Waals surface area contributed by atoms with E-state index in [0.29, 0.717) is 5.56 Å². The lowest BCUT2D eigenvalue weighted by molar-refractivity contribution is -0.142. The van der Waals surface area contributed by atoms with Gasteiger partial charge in [-0.05, 0) is 31.4 Å². The van der Waals surface area contributed by atoms with Crippen LogP contribution in [0.25, 0.3) is 5.13 Å². The molecule has 0 bridgehead atoms. The van der Waals surface area contributed by atoms with Gasteiger partial charge in [0.15, 0.2) is 11.7 Å². The minimum atomic E-state index is -0.367. The van der Waals surface area contributed by atoms with Gasteiger partial charge >= 0.3 is 5.97 Å². The van der Waals surface area contributed by atoms with Crippen LogP contribution >= 0.6 is 11.3 Å². The van der Waals surface area contributed by atoms with E-state index in [4.69, 9.17) is 4.74 Å². The number of esters is 1. The Kier molecular flexibility index (Phi) is 5.86. The number of thiazole rings is 1. The van der Waals surface area contributed by atoms with E-state index in [0.717, 1.165) is 22.1 Å². The molecule has 0 aliphatic carbocycles. The molecule has 0 aliphatic rings. The van der Waals surface area contributed by atoms with Crippen LogP contribution in [0.4, 0.5) is 0 Å². The van der Waals surface area contributed by atoms with Gasteiger partial charge in [-0.3, -0.25) is 14.2 Å². The number of nitrogens with zero attached hydrogens (tertiary/aromatic N) is 2. The van der Waals surface area contributed by atoms with E-state index in [1.807, 2.05) is 67.1 Å². The molecule has 3 rings (SSSR count). The third kappa shape index (κ3) is 4.34. The monoisotopic (exact) mass is 382 g/mol. The summed E-state index contributed by atoms with van der Waals surface area (Å²) in [4.78, 5) is 29.0. The molecular formula is C21H22N2O3S. The zero-order valence-corrected chi connectivity index (χ0v) is 16.5. The van der Waals surface area contributed by atoms with Crippen LogP contribution in [-0.4, -0.2) is 27.9 Å². The Morgan fingerprint density at radius 2 is 1.96 bits per heavy atom. The molecule has 2 aromatic heterocycles. The Hall–Kier alpha value is -2.73. The van der Waals surface area contributed by atoms with Crippen molar-refractivity contribution in [3.8, 4) is 5.13 Å². The first kappa shape index (κ1) is 19.0. The second kappa shape index (κ2) is 8.31. The molecular weight excluding hydrogens is 360 g/mol. The third-order valence-electron chi connectivity index (χ3n) is 4.55. The summed E-state index contributed by atoms with van der Waals surface area (Å²) in [5.41, 5.74) is 3.37. The molecule has 0 saturated carbocycles. The second-order valence-corrected chi connectivity index (χ2v) is 7.41. The molecule has 0 saturated heterocycles. The molecule has 0 amide bonds. The van der Waals surface area contributed by atoms with Gasteiger partial charge in [0.05, 0.1) is 6.42 Å². The second-order valence-electron chi connectivity index (χ2n) is 6.53. The smallest absolute Gasteiger partial charge is 0.306 e. The number of aromatic nitrogens is 2. The summed E-state index contributed by atoms with van der Waals surface area (Å²) >= 11 is 1.51. The highest BCUT2D eigenvalue weighted by Gasteiger charge is 2.20. The largest absolute Gasteiger partial charge is 0.457 e. The molecule has 1 aromatic carbocycles. The van der Waals surface area contributed by atoms with Gasteiger partial charge in [-0.25, -0.2) is 4.98 Å². The average Bonchev–Trinajstić information content (AvgIpc) is 3.28. The van der Waals surface area contributed by atoms with E-state index in [1.54, 1.807) is 6.20 Å². The van der Waals surface area contributed by atoms with Crippen LogP contribution in [0.15, 0.2) is 48.0 Å². The lowest BCUT2D eigenvalue weighted by Gasteiger charge is -2.11. The molecule has 1 atom stereocenters. The minimum Gasteiger partial charge on any atom is -0.457 e. The molecule has 3 aromatic rings. The fraction of sp³-hybridized carbons (Fsp3) is 0.286. The van der Waals surface area contributed by atoms with Gasteiger partial charge < -0.3 is 4.74 Å². The summed E-state index contributed by atoms with van der Waals surface area (Å²) in [7, 11) is 0. The van der Waals surface area contributed by atoms with Crippen molar-refractivity contribution in [2.24, 2.45) is 0 Å². The number of carbonyl (C=O) groups excluding carboxylic acids is 2. The topological polar surface area (TPSA) is 61.2 Å². The number of carbonyl (C=O) groups is 2. The Balaban J connectivity index is 1.61. The summed E-state index contributed by atoms with van der Waals surface area (Å²) < 4.78 is 7.18. The predicted molar refractivity (Wildman–Crippen MR) is 106 cm³/mol. The van der Waals surface area contributed by atoms with Crippen molar-refractivity contribution in [3.05, 3.63) is 70.5 Å². The average molecular weight is 382 g/mol. The molecule has 0 unspecified atom stereocenters. The quantitative estimate of drug-likeness (QED) is 0.447. The van der Waals surface area contributed by atoms with Gasteiger partial charge in [-0.15, -0.1) is 11.3 Å². The van der Waals surface area contributed by atoms with Crippen LogP contribution in [0.5, 0.6) is 0 Å². The lowest BCUT2D eigenvalue weighted by atomic mass is 9.98. The van der Waals surface area contributed by atoms with Crippen LogP contribution in [0.1, 0.15) is 46.6 Å². The normalized spacial score (nSPS) is 12.0. The Morgan fingerprint density at radius 3 is 2.63 bits per heavy atom. The van der Waals surface area contributed by atoms with E-state index in [9.17, 15) is 9.59 Å². The van der Waals surface area contributed by atoms with E-state index in [2.05, 4.69) is 4.98 Å². The van der Waals surface area contributed by atoms with Crippen LogP contribution in [0.3, 0.4) is 0 Å². The molecule has 2 heterocycles. The highest BCUT2D eigenvalue weighted by atomic mass is 32.1. The number of hydrogen-bond acceptors (Lipinski definition) is 5. The number of hydrogen-bond donors (Lipinski definition) is 0. The highest BCUT2D eigenvalue weighted by molar-refractivity contribution is 7.12. The number of Topliss-reactive ketones (excluding diaryl/α,β-unsaturated/α-hetero) is 1. The lowest BCUT2D eigenvalue weighted by Crippen LogP contribution is -2.16. The van der Waals surface area contributed by atoms with E-state index < -0.39 is 0 Å². The Bertz CT molecular complexity index is 930. The van der Waals surface area contributed by atoms with Crippen LogP contribution in [0, 0.1) is 13.8 Å². The first-order valence-electron chi connectivity index (χ1n) is 8.80. The Labute approximate surface area is 162 Å². The van der Waals surface area contributed by atoms with Gasteiger partial charge in [0.1, 0.15) is 0 Å². The van der Waals surface area contributed by atoms with Crippen molar-refractivity contribution in [3.63, 3.8) is 0 Å². The van der Waals surface area contributed by atoms with Crippen molar-refractivity contribution in [2.45, 2.75) is 33.1 Å². The molecule has 0 spiro atoms. The van der Waals surface area contributed by atoms with Crippen LogP contribution < -0.4 is 0 Å². The summed E-state index contributed by atoms with van der Waals surface area (Å²) in [6.07, 6.45) is 1.98. The standard InChI is InChI=1S/C21H22N2O3S/c1-14(17-7-5-4-6-8-17)11-20(25)26-13-19(24)18-12-15(2)23(16(18)3)21-22-9-10-27-21/h4-10,12,14H,11,13H2,1-3H3/t14-/m0/s1. The molecule has 140 valence electrons. The van der Waals surface area contributed by atoms with Crippen LogP contribution in [-0.2, 0) is 9.53 Å². The van der Waals surface area contributed by atoms with Crippen molar-refractivity contribution in [1.29, 1.82) is 0 Å². The maximum absolute atomic E-state index is 12.6. The molecule has 27 heavy (non-hydrogen) atoms. The number of ether oxygens (including phenoxy) is 1. The number of rotatable bonds is 7. The van der Waals surface area contributed by atoms with Crippen molar-refractivity contribution >= 4 is 23.1 Å². The fourth-order valence-corrected chi connectivity index (χ4v) is 3.85. The van der Waals surface area contributed by atoms with Gasteiger partial charge in [-0.2, -0.15) is 0 Å². The maximum Gasteiger partial charge on any atom is 0.306 e. The Morgan fingerprint density at radius 1 is 1.22 bits per heavy atom. The van der Waals surface area contributed by atoms with E-state index in [1.165, 1.54) is 11.3 Å². The zero-order valence-electron chi connectivity index (χ0n) is 15.6. The molecule has 0 aliphatic heterocycles. The predicted octanol–water partition coefficient (Wildman–Crippen LogP) is 4.47. The fourth-order valence-electron chi connectivity index (χ4n) is 3.10. The summed E-state index contributed by atoms with van der Waals surface area (Å²) in [5, 5.41) is 2.71. The van der Waals surface area contributed by atoms with Crippen molar-refractivity contribution in [1.82, 2.24) is 9.55 Å². The maximum atomic E-state index is 12.6. The van der Waals surface area contributed by atoms with E-state index in [-0.39, 0.29) is 30.7 Å².